The molecule has 0 aromatic carbocycles. The van der Waals surface area contributed by atoms with Gasteiger partial charge in [0.1, 0.15) is 5.69 Å². The predicted molar refractivity (Wildman–Crippen MR) is 71.5 cm³/mol. The molecule has 0 aliphatic heterocycles. The summed E-state index contributed by atoms with van der Waals surface area (Å²) < 4.78 is 5.22. The van der Waals surface area contributed by atoms with Crippen molar-refractivity contribution in [2.24, 2.45) is 5.84 Å². The van der Waals surface area contributed by atoms with E-state index in [4.69, 9.17) is 10.6 Å². The molecule has 0 aliphatic carbocycles. The fourth-order valence-electron chi connectivity index (χ4n) is 2.01. The van der Waals surface area contributed by atoms with Gasteiger partial charge in [-0.1, -0.05) is 6.07 Å². The lowest BCUT2D eigenvalue weighted by Crippen LogP contribution is -2.30. The van der Waals surface area contributed by atoms with Gasteiger partial charge in [-0.25, -0.2) is 10.4 Å². The summed E-state index contributed by atoms with van der Waals surface area (Å²) in [4.78, 5) is 12.9. The molecule has 0 radical (unpaired) electrons. The zero-order valence-corrected chi connectivity index (χ0v) is 11.2. The van der Waals surface area contributed by atoms with E-state index in [1.165, 1.54) is 0 Å². The second-order valence-corrected chi connectivity index (χ2v) is 4.18. The molecule has 1 atom stereocenters. The van der Waals surface area contributed by atoms with Gasteiger partial charge in [0, 0.05) is 23.8 Å². The third kappa shape index (κ3) is 2.69. The van der Waals surface area contributed by atoms with Crippen molar-refractivity contribution in [1.29, 1.82) is 0 Å². The highest BCUT2D eigenvalue weighted by Crippen LogP contribution is 2.27. The smallest absolute Gasteiger partial charge is 0.237 e. The van der Waals surface area contributed by atoms with Gasteiger partial charge in [-0.3, -0.25) is 15.8 Å². The summed E-state index contributed by atoms with van der Waals surface area (Å²) in [5, 5.41) is 0. The van der Waals surface area contributed by atoms with Crippen LogP contribution in [0.2, 0.25) is 0 Å². The van der Waals surface area contributed by atoms with Crippen molar-refractivity contribution in [2.45, 2.75) is 19.9 Å². The first kappa shape index (κ1) is 13.4. The molecule has 1 unspecified atom stereocenters. The first-order valence-electron chi connectivity index (χ1n) is 5.92. The molecule has 2 aromatic heterocycles. The van der Waals surface area contributed by atoms with E-state index in [2.05, 4.69) is 20.4 Å². The Hall–Kier alpha value is -2.05. The van der Waals surface area contributed by atoms with E-state index in [0.29, 0.717) is 11.6 Å². The number of hydrogen-bond acceptors (Lipinski definition) is 6. The van der Waals surface area contributed by atoms with E-state index in [1.807, 2.05) is 26.0 Å². The van der Waals surface area contributed by atoms with Gasteiger partial charge < -0.3 is 4.74 Å². The second kappa shape index (κ2) is 5.73. The van der Waals surface area contributed by atoms with Crippen molar-refractivity contribution in [2.75, 3.05) is 7.11 Å². The normalized spacial score (nSPS) is 12.2. The zero-order valence-electron chi connectivity index (χ0n) is 11.2. The van der Waals surface area contributed by atoms with Crippen LogP contribution in [0.3, 0.4) is 0 Å². The van der Waals surface area contributed by atoms with Crippen LogP contribution in [0.1, 0.15) is 28.7 Å². The molecule has 6 heteroatoms. The number of ether oxygens (including phenoxy) is 1. The van der Waals surface area contributed by atoms with E-state index in [9.17, 15) is 0 Å². The predicted octanol–water partition coefficient (Wildman–Crippen LogP) is 1.05. The molecule has 0 aliphatic rings. The Morgan fingerprint density at radius 1 is 1.21 bits per heavy atom. The minimum Gasteiger partial charge on any atom is -0.480 e. The van der Waals surface area contributed by atoms with Gasteiger partial charge in [0.15, 0.2) is 0 Å². The molecule has 100 valence electrons. The number of aromatic nitrogens is 3. The minimum absolute atomic E-state index is 0.309. The molecular formula is C13H17N5O. The third-order valence-corrected chi connectivity index (χ3v) is 2.90. The van der Waals surface area contributed by atoms with E-state index < -0.39 is 0 Å². The van der Waals surface area contributed by atoms with Crippen LogP contribution in [-0.4, -0.2) is 22.1 Å². The lowest BCUT2D eigenvalue weighted by atomic mass is 10.0. The SMILES string of the molecule is COc1nccnc1C(NN)c1ccc(C)nc1C. The Morgan fingerprint density at radius 2 is 1.95 bits per heavy atom. The van der Waals surface area contributed by atoms with Gasteiger partial charge in [0.25, 0.3) is 0 Å². The molecule has 19 heavy (non-hydrogen) atoms. The molecule has 0 saturated heterocycles. The number of nitrogens with one attached hydrogen (secondary N) is 1. The van der Waals surface area contributed by atoms with Crippen molar-refractivity contribution < 1.29 is 4.74 Å². The van der Waals surface area contributed by atoms with Gasteiger partial charge >= 0.3 is 0 Å². The van der Waals surface area contributed by atoms with Crippen molar-refractivity contribution in [1.82, 2.24) is 20.4 Å². The highest BCUT2D eigenvalue weighted by atomic mass is 16.5. The van der Waals surface area contributed by atoms with Crippen LogP contribution in [0.15, 0.2) is 24.5 Å². The Morgan fingerprint density at radius 3 is 2.58 bits per heavy atom. The number of methoxy groups -OCH3 is 1. The van der Waals surface area contributed by atoms with Crippen molar-refractivity contribution >= 4 is 0 Å². The van der Waals surface area contributed by atoms with Crippen LogP contribution in [0.4, 0.5) is 0 Å². The van der Waals surface area contributed by atoms with E-state index in [-0.39, 0.29) is 6.04 Å². The van der Waals surface area contributed by atoms with Crippen LogP contribution in [-0.2, 0) is 0 Å². The maximum atomic E-state index is 5.67. The Labute approximate surface area is 112 Å². The van der Waals surface area contributed by atoms with E-state index >= 15 is 0 Å². The molecule has 6 nitrogen and oxygen atoms in total. The maximum absolute atomic E-state index is 5.67. The average molecular weight is 259 g/mol. The number of nitrogens with zero attached hydrogens (tertiary/aromatic N) is 3. The number of aryl methyl sites for hydroxylation is 2. The van der Waals surface area contributed by atoms with Crippen LogP contribution in [0.25, 0.3) is 0 Å². The largest absolute Gasteiger partial charge is 0.480 e. The average Bonchev–Trinajstić information content (AvgIpc) is 2.42. The summed E-state index contributed by atoms with van der Waals surface area (Å²) in [5.74, 6) is 6.12. The van der Waals surface area contributed by atoms with Crippen LogP contribution >= 0.6 is 0 Å². The number of hydrazine groups is 1. The Balaban J connectivity index is 2.50. The summed E-state index contributed by atoms with van der Waals surface area (Å²) in [6, 6.07) is 3.61. The fourth-order valence-corrected chi connectivity index (χ4v) is 2.01. The summed E-state index contributed by atoms with van der Waals surface area (Å²) >= 11 is 0. The first-order valence-corrected chi connectivity index (χ1v) is 5.92. The number of rotatable bonds is 4. The van der Waals surface area contributed by atoms with Gasteiger partial charge in [0.2, 0.25) is 5.88 Å². The van der Waals surface area contributed by atoms with Gasteiger partial charge in [-0.15, -0.1) is 0 Å². The molecule has 0 bridgehead atoms. The molecule has 0 amide bonds. The monoisotopic (exact) mass is 259 g/mol. The first-order chi connectivity index (χ1) is 9.17. The van der Waals surface area contributed by atoms with Crippen LogP contribution < -0.4 is 16.0 Å². The van der Waals surface area contributed by atoms with E-state index in [1.54, 1.807) is 19.5 Å². The standard InChI is InChI=1S/C13H17N5O/c1-8-4-5-10(9(2)17-8)11(18-14)12-13(19-3)16-7-6-15-12/h4-7,11,18H,14H2,1-3H3. The van der Waals surface area contributed by atoms with Gasteiger partial charge in [-0.05, 0) is 25.5 Å². The minimum atomic E-state index is -0.309. The highest BCUT2D eigenvalue weighted by Gasteiger charge is 2.21. The fraction of sp³-hybridized carbons (Fsp3) is 0.308. The lowest BCUT2D eigenvalue weighted by molar-refractivity contribution is 0.382. The molecular weight excluding hydrogens is 242 g/mol. The molecule has 0 spiro atoms. The molecule has 2 rings (SSSR count). The molecule has 0 fully saturated rings. The lowest BCUT2D eigenvalue weighted by Gasteiger charge is -2.19. The number of pyridine rings is 1. The van der Waals surface area contributed by atoms with E-state index in [0.717, 1.165) is 17.0 Å². The molecule has 3 N–H and O–H groups in total. The summed E-state index contributed by atoms with van der Waals surface area (Å²) in [6.45, 7) is 3.89. The van der Waals surface area contributed by atoms with Gasteiger partial charge in [0.05, 0.1) is 13.2 Å². The zero-order chi connectivity index (χ0) is 13.8. The van der Waals surface area contributed by atoms with Gasteiger partial charge in [-0.2, -0.15) is 0 Å². The highest BCUT2D eigenvalue weighted by molar-refractivity contribution is 5.35. The number of hydrogen-bond donors (Lipinski definition) is 2. The summed E-state index contributed by atoms with van der Waals surface area (Å²) in [6.07, 6.45) is 3.19. The summed E-state index contributed by atoms with van der Waals surface area (Å²) in [7, 11) is 1.56. The Bertz CT molecular complexity index is 573. The quantitative estimate of drug-likeness (QED) is 0.630. The maximum Gasteiger partial charge on any atom is 0.237 e. The number of nitrogens with two attached hydrogens (primary N) is 1. The molecule has 0 saturated carbocycles. The second-order valence-electron chi connectivity index (χ2n) is 4.18. The topological polar surface area (TPSA) is 86.0 Å². The van der Waals surface area contributed by atoms with Crippen molar-refractivity contribution in [3.05, 3.63) is 47.2 Å². The van der Waals surface area contributed by atoms with Crippen LogP contribution in [0, 0.1) is 13.8 Å². The molecule has 2 heterocycles. The van der Waals surface area contributed by atoms with Crippen molar-refractivity contribution in [3.8, 4) is 5.88 Å². The third-order valence-electron chi connectivity index (χ3n) is 2.90. The van der Waals surface area contributed by atoms with Crippen molar-refractivity contribution in [3.63, 3.8) is 0 Å². The molecule has 2 aromatic rings. The Kier molecular flexibility index (Phi) is 4.03. The van der Waals surface area contributed by atoms with Crippen LogP contribution in [0.5, 0.6) is 5.88 Å². The summed E-state index contributed by atoms with van der Waals surface area (Å²) in [5.41, 5.74) is 6.20.